The molecule has 0 atom stereocenters. The highest BCUT2D eigenvalue weighted by Gasteiger charge is 2.09. The summed E-state index contributed by atoms with van der Waals surface area (Å²) in [7, 11) is 3.10. The van der Waals surface area contributed by atoms with Crippen LogP contribution >= 0.6 is 11.3 Å². The number of hydrogen-bond donors (Lipinski definition) is 0. The first kappa shape index (κ1) is 11.1. The molecule has 16 heavy (non-hydrogen) atoms. The molecule has 84 valence electrons. The fraction of sp³-hybridized carbons (Fsp3) is 0.250. The molecule has 0 spiro atoms. The van der Waals surface area contributed by atoms with Crippen molar-refractivity contribution in [1.82, 2.24) is 5.06 Å². The lowest BCUT2D eigenvalue weighted by Gasteiger charge is -2.13. The minimum Gasteiger partial charge on any atom is -0.275 e. The van der Waals surface area contributed by atoms with Crippen molar-refractivity contribution in [3.63, 3.8) is 0 Å². The van der Waals surface area contributed by atoms with Gasteiger partial charge in [0.25, 0.3) is 0 Å². The van der Waals surface area contributed by atoms with Gasteiger partial charge in [0.1, 0.15) is 0 Å². The van der Waals surface area contributed by atoms with Gasteiger partial charge in [0.2, 0.25) is 5.91 Å². The first-order chi connectivity index (χ1) is 7.70. The molecule has 2 aromatic rings. The van der Waals surface area contributed by atoms with E-state index in [4.69, 9.17) is 4.84 Å². The van der Waals surface area contributed by atoms with Crippen molar-refractivity contribution in [2.75, 3.05) is 14.2 Å². The maximum Gasteiger partial charge on any atom is 0.250 e. The van der Waals surface area contributed by atoms with E-state index in [0.717, 1.165) is 5.56 Å². The van der Waals surface area contributed by atoms with Gasteiger partial charge in [-0.2, -0.15) is 0 Å². The summed E-state index contributed by atoms with van der Waals surface area (Å²) in [6, 6.07) is 8.15. The Morgan fingerprint density at radius 2 is 2.25 bits per heavy atom. The van der Waals surface area contributed by atoms with Gasteiger partial charge >= 0.3 is 0 Å². The van der Waals surface area contributed by atoms with Crippen LogP contribution in [0, 0.1) is 0 Å². The highest BCUT2D eigenvalue weighted by molar-refractivity contribution is 7.17. The van der Waals surface area contributed by atoms with E-state index < -0.39 is 0 Å². The van der Waals surface area contributed by atoms with E-state index >= 15 is 0 Å². The molecule has 3 nitrogen and oxygen atoms in total. The van der Waals surface area contributed by atoms with Gasteiger partial charge in [-0.15, -0.1) is 11.3 Å². The third kappa shape index (κ3) is 2.23. The predicted octanol–water partition coefficient (Wildman–Crippen LogP) is 2.46. The summed E-state index contributed by atoms with van der Waals surface area (Å²) in [6.07, 6.45) is 0.371. The average Bonchev–Trinajstić information content (AvgIpc) is 2.75. The maximum atomic E-state index is 11.6. The van der Waals surface area contributed by atoms with Crippen molar-refractivity contribution in [2.24, 2.45) is 0 Å². The molecule has 1 aromatic carbocycles. The molecule has 0 aliphatic rings. The molecular weight excluding hydrogens is 222 g/mol. The molecule has 0 aliphatic heterocycles. The molecule has 1 amide bonds. The zero-order chi connectivity index (χ0) is 11.5. The third-order valence-electron chi connectivity index (χ3n) is 2.50. The van der Waals surface area contributed by atoms with Crippen molar-refractivity contribution in [1.29, 1.82) is 0 Å². The van der Waals surface area contributed by atoms with Crippen LogP contribution in [0.5, 0.6) is 0 Å². The van der Waals surface area contributed by atoms with Crippen molar-refractivity contribution < 1.29 is 9.63 Å². The van der Waals surface area contributed by atoms with Crippen LogP contribution in [0.2, 0.25) is 0 Å². The lowest BCUT2D eigenvalue weighted by atomic mass is 10.1. The normalized spacial score (nSPS) is 10.6. The minimum absolute atomic E-state index is 0.0444. The fourth-order valence-corrected chi connectivity index (χ4v) is 2.28. The molecule has 4 heteroatoms. The molecule has 0 radical (unpaired) electrons. The van der Waals surface area contributed by atoms with Crippen LogP contribution in [0.4, 0.5) is 0 Å². The molecule has 1 aromatic heterocycles. The molecule has 0 bridgehead atoms. The summed E-state index contributed by atoms with van der Waals surface area (Å²) in [5.41, 5.74) is 1.01. The predicted molar refractivity (Wildman–Crippen MR) is 65.3 cm³/mol. The van der Waals surface area contributed by atoms with Crippen LogP contribution in [-0.2, 0) is 16.1 Å². The molecule has 0 saturated carbocycles. The van der Waals surface area contributed by atoms with E-state index in [1.807, 2.05) is 12.1 Å². The maximum absolute atomic E-state index is 11.6. The van der Waals surface area contributed by atoms with E-state index in [0.29, 0.717) is 6.42 Å². The van der Waals surface area contributed by atoms with Gasteiger partial charge in [-0.25, -0.2) is 5.06 Å². The molecule has 2 rings (SSSR count). The number of rotatable bonds is 3. The number of likely N-dealkylation sites (N-methyl/N-ethyl adjacent to an activating group) is 1. The number of hydroxylamine groups is 2. The second-order valence-corrected chi connectivity index (χ2v) is 4.49. The number of nitrogens with zero attached hydrogens (tertiary/aromatic N) is 1. The molecule has 0 N–H and O–H groups in total. The second kappa shape index (κ2) is 4.63. The molecule has 0 saturated heterocycles. The number of fused-ring (bicyclic) bond motifs is 1. The highest BCUT2D eigenvalue weighted by atomic mass is 32.1. The largest absolute Gasteiger partial charge is 0.275 e. The van der Waals surface area contributed by atoms with E-state index in [1.165, 1.54) is 22.3 Å². The van der Waals surface area contributed by atoms with E-state index in [9.17, 15) is 4.79 Å². The third-order valence-corrected chi connectivity index (χ3v) is 3.40. The average molecular weight is 235 g/mol. The van der Waals surface area contributed by atoms with Gasteiger partial charge in [0.15, 0.2) is 0 Å². The first-order valence-electron chi connectivity index (χ1n) is 4.97. The Hall–Kier alpha value is -1.39. The van der Waals surface area contributed by atoms with Crippen LogP contribution < -0.4 is 0 Å². The Kier molecular flexibility index (Phi) is 3.22. The first-order valence-corrected chi connectivity index (χ1v) is 5.85. The molecule has 0 aliphatic carbocycles. The van der Waals surface area contributed by atoms with Crippen molar-refractivity contribution >= 4 is 27.3 Å². The lowest BCUT2D eigenvalue weighted by molar-refractivity contribution is -0.167. The lowest BCUT2D eigenvalue weighted by Crippen LogP contribution is -2.26. The summed E-state index contributed by atoms with van der Waals surface area (Å²) in [4.78, 5) is 16.5. The Morgan fingerprint density at radius 3 is 3.00 bits per heavy atom. The highest BCUT2D eigenvalue weighted by Crippen LogP contribution is 2.22. The monoisotopic (exact) mass is 235 g/mol. The van der Waals surface area contributed by atoms with Gasteiger partial charge in [-0.05, 0) is 34.5 Å². The van der Waals surface area contributed by atoms with Crippen LogP contribution in [0.15, 0.2) is 29.6 Å². The van der Waals surface area contributed by atoms with Crippen molar-refractivity contribution in [3.8, 4) is 0 Å². The molecular formula is C12H13NO2S. The number of benzene rings is 1. The SMILES string of the molecule is CON(C)C(=O)Cc1ccc2sccc2c1. The van der Waals surface area contributed by atoms with Gasteiger partial charge < -0.3 is 0 Å². The standard InChI is InChI=1S/C12H13NO2S/c1-13(15-2)12(14)8-9-3-4-11-10(7-9)5-6-16-11/h3-7H,8H2,1-2H3. The zero-order valence-electron chi connectivity index (χ0n) is 9.27. The summed E-state index contributed by atoms with van der Waals surface area (Å²) in [5.74, 6) is -0.0444. The fourth-order valence-electron chi connectivity index (χ4n) is 1.51. The van der Waals surface area contributed by atoms with Crippen molar-refractivity contribution in [2.45, 2.75) is 6.42 Å². The Labute approximate surface area is 98.2 Å². The smallest absolute Gasteiger partial charge is 0.250 e. The topological polar surface area (TPSA) is 29.5 Å². The van der Waals surface area contributed by atoms with Crippen LogP contribution in [0.25, 0.3) is 10.1 Å². The summed E-state index contributed by atoms with van der Waals surface area (Å²) < 4.78 is 1.25. The van der Waals surface area contributed by atoms with E-state index in [-0.39, 0.29) is 5.91 Å². The van der Waals surface area contributed by atoms with Crippen LogP contribution in [0.3, 0.4) is 0 Å². The molecule has 1 heterocycles. The van der Waals surface area contributed by atoms with Gasteiger partial charge in [0, 0.05) is 11.7 Å². The van der Waals surface area contributed by atoms with Crippen LogP contribution in [0.1, 0.15) is 5.56 Å². The Balaban J connectivity index is 2.17. The molecule has 0 fully saturated rings. The number of hydrogen-bond acceptors (Lipinski definition) is 3. The number of thiophene rings is 1. The Bertz CT molecular complexity index is 506. The summed E-state index contributed by atoms with van der Waals surface area (Å²) in [5, 5.41) is 4.49. The Morgan fingerprint density at radius 1 is 1.44 bits per heavy atom. The van der Waals surface area contributed by atoms with Gasteiger partial charge in [0.05, 0.1) is 13.5 Å². The number of carbonyl (C=O) groups excluding carboxylic acids is 1. The number of amides is 1. The van der Waals surface area contributed by atoms with Gasteiger partial charge in [-0.1, -0.05) is 6.07 Å². The van der Waals surface area contributed by atoms with E-state index in [1.54, 1.807) is 18.4 Å². The summed E-state index contributed by atoms with van der Waals surface area (Å²) in [6.45, 7) is 0. The van der Waals surface area contributed by atoms with Crippen molar-refractivity contribution in [3.05, 3.63) is 35.2 Å². The minimum atomic E-state index is -0.0444. The second-order valence-electron chi connectivity index (χ2n) is 3.54. The van der Waals surface area contributed by atoms with E-state index in [2.05, 4.69) is 17.5 Å². The van der Waals surface area contributed by atoms with Crippen LogP contribution in [-0.4, -0.2) is 25.1 Å². The quantitative estimate of drug-likeness (QED) is 0.765. The molecule has 0 unspecified atom stereocenters. The van der Waals surface area contributed by atoms with Gasteiger partial charge in [-0.3, -0.25) is 9.63 Å². The number of carbonyl (C=O) groups is 1. The summed E-state index contributed by atoms with van der Waals surface area (Å²) >= 11 is 1.71. The zero-order valence-corrected chi connectivity index (χ0v) is 10.1.